The normalized spacial score (nSPS) is 13.9. The van der Waals surface area contributed by atoms with Gasteiger partial charge in [-0.05, 0) is 24.5 Å². The van der Waals surface area contributed by atoms with Crippen molar-refractivity contribution in [1.29, 1.82) is 0 Å². The molecule has 0 atom stereocenters. The number of rotatable bonds is 3. The Kier molecular flexibility index (Phi) is 2.53. The van der Waals surface area contributed by atoms with Crippen molar-refractivity contribution in [1.82, 2.24) is 0 Å². The van der Waals surface area contributed by atoms with Gasteiger partial charge in [0.1, 0.15) is 6.61 Å². The van der Waals surface area contributed by atoms with Crippen LogP contribution in [0.25, 0.3) is 0 Å². The Balaban J connectivity index is 2.21. The SMILES string of the molecule is CCCCc1ccc2c(c1)C(=O)OC2. The van der Waals surface area contributed by atoms with E-state index < -0.39 is 0 Å². The molecule has 0 aliphatic carbocycles. The van der Waals surface area contributed by atoms with Gasteiger partial charge in [0.05, 0.1) is 5.56 Å². The van der Waals surface area contributed by atoms with Crippen LogP contribution in [0.4, 0.5) is 0 Å². The Morgan fingerprint density at radius 2 is 2.29 bits per heavy atom. The minimum atomic E-state index is -0.168. The molecule has 2 nitrogen and oxygen atoms in total. The smallest absolute Gasteiger partial charge is 0.338 e. The van der Waals surface area contributed by atoms with Gasteiger partial charge < -0.3 is 4.74 Å². The predicted molar refractivity (Wildman–Crippen MR) is 54.2 cm³/mol. The summed E-state index contributed by atoms with van der Waals surface area (Å²) in [6.07, 6.45) is 3.41. The molecule has 0 spiro atoms. The molecule has 74 valence electrons. The largest absolute Gasteiger partial charge is 0.457 e. The van der Waals surface area contributed by atoms with Gasteiger partial charge in [-0.15, -0.1) is 0 Å². The Hall–Kier alpha value is -1.31. The molecule has 2 rings (SSSR count). The van der Waals surface area contributed by atoms with Gasteiger partial charge in [0.2, 0.25) is 0 Å². The van der Waals surface area contributed by atoms with Crippen LogP contribution in [0.3, 0.4) is 0 Å². The average molecular weight is 190 g/mol. The molecular weight excluding hydrogens is 176 g/mol. The molecule has 1 aromatic carbocycles. The van der Waals surface area contributed by atoms with Crippen molar-refractivity contribution >= 4 is 5.97 Å². The lowest BCUT2D eigenvalue weighted by molar-refractivity contribution is 0.0535. The summed E-state index contributed by atoms with van der Waals surface area (Å²) >= 11 is 0. The van der Waals surface area contributed by atoms with Gasteiger partial charge in [-0.25, -0.2) is 4.79 Å². The first-order valence-electron chi connectivity index (χ1n) is 5.10. The van der Waals surface area contributed by atoms with Gasteiger partial charge >= 0.3 is 5.97 Å². The van der Waals surface area contributed by atoms with Crippen molar-refractivity contribution in [3.05, 3.63) is 34.9 Å². The van der Waals surface area contributed by atoms with Gasteiger partial charge in [-0.2, -0.15) is 0 Å². The van der Waals surface area contributed by atoms with Crippen LogP contribution >= 0.6 is 0 Å². The second kappa shape index (κ2) is 3.82. The minimum absolute atomic E-state index is 0.168. The summed E-state index contributed by atoms with van der Waals surface area (Å²) in [5.74, 6) is -0.168. The molecule has 0 radical (unpaired) electrons. The average Bonchev–Trinajstić information content (AvgIpc) is 2.57. The van der Waals surface area contributed by atoms with Crippen LogP contribution in [-0.4, -0.2) is 5.97 Å². The van der Waals surface area contributed by atoms with Crippen molar-refractivity contribution in [3.8, 4) is 0 Å². The lowest BCUT2D eigenvalue weighted by Crippen LogP contribution is -1.95. The van der Waals surface area contributed by atoms with Gasteiger partial charge in [0, 0.05) is 5.56 Å². The van der Waals surface area contributed by atoms with Crippen LogP contribution in [0, 0.1) is 0 Å². The third kappa shape index (κ3) is 1.65. The van der Waals surface area contributed by atoms with Crippen LogP contribution in [0.2, 0.25) is 0 Å². The molecule has 1 aliphatic rings. The van der Waals surface area contributed by atoms with Gasteiger partial charge in [0.15, 0.2) is 0 Å². The lowest BCUT2D eigenvalue weighted by Gasteiger charge is -2.01. The Morgan fingerprint density at radius 3 is 3.07 bits per heavy atom. The molecule has 2 heteroatoms. The van der Waals surface area contributed by atoms with Crippen LogP contribution in [0.15, 0.2) is 18.2 Å². The standard InChI is InChI=1S/C12H14O2/c1-2-3-4-9-5-6-10-8-14-12(13)11(10)7-9/h5-7H,2-4,8H2,1H3. The van der Waals surface area contributed by atoms with Crippen molar-refractivity contribution in [3.63, 3.8) is 0 Å². The summed E-state index contributed by atoms with van der Waals surface area (Å²) in [5, 5.41) is 0. The fraction of sp³-hybridized carbons (Fsp3) is 0.417. The van der Waals surface area contributed by atoms with E-state index in [2.05, 4.69) is 13.0 Å². The summed E-state index contributed by atoms with van der Waals surface area (Å²) in [7, 11) is 0. The van der Waals surface area contributed by atoms with E-state index in [1.807, 2.05) is 12.1 Å². The lowest BCUT2D eigenvalue weighted by atomic mass is 10.0. The third-order valence-corrected chi connectivity index (χ3v) is 2.57. The molecule has 0 fully saturated rings. The van der Waals surface area contributed by atoms with E-state index in [1.165, 1.54) is 18.4 Å². The molecule has 14 heavy (non-hydrogen) atoms. The number of esters is 1. The molecule has 0 unspecified atom stereocenters. The number of hydrogen-bond acceptors (Lipinski definition) is 2. The predicted octanol–water partition coefficient (Wildman–Crippen LogP) is 2.70. The van der Waals surface area contributed by atoms with E-state index in [1.54, 1.807) is 0 Å². The van der Waals surface area contributed by atoms with E-state index in [-0.39, 0.29) is 5.97 Å². The highest BCUT2D eigenvalue weighted by atomic mass is 16.5. The van der Waals surface area contributed by atoms with E-state index in [0.717, 1.165) is 17.5 Å². The van der Waals surface area contributed by atoms with Crippen LogP contribution in [-0.2, 0) is 17.8 Å². The number of benzene rings is 1. The molecule has 0 amide bonds. The number of hydrogen-bond donors (Lipinski definition) is 0. The van der Waals surface area contributed by atoms with Crippen LogP contribution < -0.4 is 0 Å². The zero-order chi connectivity index (χ0) is 9.97. The van der Waals surface area contributed by atoms with Gasteiger partial charge in [-0.3, -0.25) is 0 Å². The van der Waals surface area contributed by atoms with Crippen molar-refractivity contribution in [2.24, 2.45) is 0 Å². The molecular formula is C12H14O2. The van der Waals surface area contributed by atoms with Crippen molar-refractivity contribution < 1.29 is 9.53 Å². The fourth-order valence-electron chi connectivity index (χ4n) is 1.70. The van der Waals surface area contributed by atoms with E-state index in [9.17, 15) is 4.79 Å². The number of unbranched alkanes of at least 4 members (excludes halogenated alkanes) is 1. The van der Waals surface area contributed by atoms with E-state index in [4.69, 9.17) is 4.74 Å². The number of fused-ring (bicyclic) bond motifs is 1. The number of ether oxygens (including phenoxy) is 1. The first-order valence-corrected chi connectivity index (χ1v) is 5.10. The third-order valence-electron chi connectivity index (χ3n) is 2.57. The van der Waals surface area contributed by atoms with Crippen LogP contribution in [0.1, 0.15) is 41.3 Å². The highest BCUT2D eigenvalue weighted by Crippen LogP contribution is 2.21. The quantitative estimate of drug-likeness (QED) is 0.685. The Bertz CT molecular complexity index is 355. The van der Waals surface area contributed by atoms with Gasteiger partial charge in [0.25, 0.3) is 0 Å². The number of carbonyl (C=O) groups excluding carboxylic acids is 1. The summed E-state index contributed by atoms with van der Waals surface area (Å²) in [6, 6.07) is 6.07. The summed E-state index contributed by atoms with van der Waals surface area (Å²) in [4.78, 5) is 11.3. The summed E-state index contributed by atoms with van der Waals surface area (Å²) in [5.41, 5.74) is 3.03. The van der Waals surface area contributed by atoms with Crippen molar-refractivity contribution in [2.45, 2.75) is 32.8 Å². The van der Waals surface area contributed by atoms with Gasteiger partial charge in [-0.1, -0.05) is 25.5 Å². The molecule has 0 saturated carbocycles. The zero-order valence-corrected chi connectivity index (χ0v) is 8.38. The molecule has 1 aliphatic heterocycles. The molecule has 1 heterocycles. The topological polar surface area (TPSA) is 26.3 Å². The fourth-order valence-corrected chi connectivity index (χ4v) is 1.70. The maximum atomic E-state index is 11.3. The maximum absolute atomic E-state index is 11.3. The zero-order valence-electron chi connectivity index (χ0n) is 8.38. The Labute approximate surface area is 83.9 Å². The number of aryl methyl sites for hydroxylation is 1. The number of carbonyl (C=O) groups is 1. The Morgan fingerprint density at radius 1 is 1.43 bits per heavy atom. The molecule has 0 bridgehead atoms. The summed E-state index contributed by atoms with van der Waals surface area (Å²) < 4.78 is 4.94. The second-order valence-corrected chi connectivity index (χ2v) is 3.67. The number of cyclic esters (lactones) is 1. The highest BCUT2D eigenvalue weighted by molar-refractivity contribution is 5.93. The minimum Gasteiger partial charge on any atom is -0.457 e. The monoisotopic (exact) mass is 190 g/mol. The highest BCUT2D eigenvalue weighted by Gasteiger charge is 2.20. The maximum Gasteiger partial charge on any atom is 0.338 e. The van der Waals surface area contributed by atoms with E-state index >= 15 is 0 Å². The summed E-state index contributed by atoms with van der Waals surface area (Å²) in [6.45, 7) is 2.61. The second-order valence-electron chi connectivity index (χ2n) is 3.67. The molecule has 1 aromatic rings. The van der Waals surface area contributed by atoms with Crippen LogP contribution in [0.5, 0.6) is 0 Å². The molecule has 0 N–H and O–H groups in total. The molecule has 0 aromatic heterocycles. The first kappa shape index (κ1) is 9.25. The van der Waals surface area contributed by atoms with Crippen molar-refractivity contribution in [2.75, 3.05) is 0 Å². The van der Waals surface area contributed by atoms with E-state index in [0.29, 0.717) is 6.61 Å². The molecule has 0 saturated heterocycles. The first-order chi connectivity index (χ1) is 6.81.